The van der Waals surface area contributed by atoms with Crippen LogP contribution in [-0.2, 0) is 16.6 Å². The summed E-state index contributed by atoms with van der Waals surface area (Å²) in [5.41, 5.74) is 7.11. The molecule has 1 heterocycles. The normalized spacial score (nSPS) is 17.4. The molecular formula is C15H23N3O3S. The van der Waals surface area contributed by atoms with E-state index in [-0.39, 0.29) is 17.7 Å². The van der Waals surface area contributed by atoms with Crippen LogP contribution in [0.15, 0.2) is 24.3 Å². The summed E-state index contributed by atoms with van der Waals surface area (Å²) < 4.78 is 25.1. The molecule has 1 aliphatic rings. The zero-order valence-electron chi connectivity index (χ0n) is 12.8. The van der Waals surface area contributed by atoms with Gasteiger partial charge in [0.05, 0.1) is 5.75 Å². The summed E-state index contributed by atoms with van der Waals surface area (Å²) in [5, 5.41) is 2.97. The number of amides is 1. The van der Waals surface area contributed by atoms with Gasteiger partial charge in [-0.25, -0.2) is 12.7 Å². The lowest BCUT2D eigenvalue weighted by molar-refractivity contribution is 0.0924. The van der Waals surface area contributed by atoms with Gasteiger partial charge in [-0.1, -0.05) is 12.1 Å². The highest BCUT2D eigenvalue weighted by Gasteiger charge is 2.27. The number of piperidine rings is 1. The van der Waals surface area contributed by atoms with Crippen molar-refractivity contribution in [1.82, 2.24) is 9.62 Å². The molecule has 0 aromatic heterocycles. The Kier molecular flexibility index (Phi) is 5.55. The smallest absolute Gasteiger partial charge is 0.251 e. The molecule has 7 heteroatoms. The van der Waals surface area contributed by atoms with Crippen LogP contribution in [0, 0.1) is 0 Å². The number of nitrogens with two attached hydrogens (primary N) is 1. The number of carbonyl (C=O) groups excluding carboxylic acids is 1. The first-order valence-electron chi connectivity index (χ1n) is 7.54. The van der Waals surface area contributed by atoms with Crippen LogP contribution in [0.3, 0.4) is 0 Å². The van der Waals surface area contributed by atoms with Crippen LogP contribution in [0.4, 0.5) is 0 Å². The quantitative estimate of drug-likeness (QED) is 0.833. The van der Waals surface area contributed by atoms with Crippen molar-refractivity contribution in [2.45, 2.75) is 32.4 Å². The first kappa shape index (κ1) is 16.9. The first-order valence-corrected chi connectivity index (χ1v) is 9.15. The van der Waals surface area contributed by atoms with E-state index in [0.29, 0.717) is 38.0 Å². The summed E-state index contributed by atoms with van der Waals surface area (Å²) in [6.45, 7) is 3.03. The molecule has 2 rings (SSSR count). The van der Waals surface area contributed by atoms with E-state index in [2.05, 4.69) is 5.32 Å². The van der Waals surface area contributed by atoms with Gasteiger partial charge in [0.15, 0.2) is 0 Å². The Hall–Kier alpha value is -1.44. The lowest BCUT2D eigenvalue weighted by Gasteiger charge is -2.31. The van der Waals surface area contributed by atoms with E-state index < -0.39 is 10.0 Å². The summed E-state index contributed by atoms with van der Waals surface area (Å²) in [6, 6.07) is 7.21. The van der Waals surface area contributed by atoms with Gasteiger partial charge in [0.1, 0.15) is 0 Å². The Morgan fingerprint density at radius 2 is 1.86 bits per heavy atom. The van der Waals surface area contributed by atoms with Gasteiger partial charge in [-0.3, -0.25) is 4.79 Å². The summed E-state index contributed by atoms with van der Waals surface area (Å²) in [7, 11) is -3.12. The molecule has 1 aromatic rings. The van der Waals surface area contributed by atoms with E-state index in [1.54, 1.807) is 19.1 Å². The van der Waals surface area contributed by atoms with Gasteiger partial charge in [0, 0.05) is 31.2 Å². The largest absolute Gasteiger partial charge is 0.349 e. The second-order valence-electron chi connectivity index (χ2n) is 5.45. The van der Waals surface area contributed by atoms with Crippen molar-refractivity contribution >= 4 is 15.9 Å². The Labute approximate surface area is 131 Å². The molecule has 0 radical (unpaired) electrons. The molecule has 3 N–H and O–H groups in total. The van der Waals surface area contributed by atoms with Gasteiger partial charge in [-0.15, -0.1) is 0 Å². The summed E-state index contributed by atoms with van der Waals surface area (Å²) in [4.78, 5) is 12.2. The third-order valence-corrected chi connectivity index (χ3v) is 5.88. The molecule has 1 aliphatic heterocycles. The highest BCUT2D eigenvalue weighted by Crippen LogP contribution is 2.15. The maximum atomic E-state index is 12.2. The second-order valence-corrected chi connectivity index (χ2v) is 7.71. The molecule has 22 heavy (non-hydrogen) atoms. The number of benzene rings is 1. The number of carbonyl (C=O) groups is 1. The number of hydrogen-bond donors (Lipinski definition) is 2. The zero-order chi connectivity index (χ0) is 16.2. The molecule has 0 bridgehead atoms. The lowest BCUT2D eigenvalue weighted by Crippen LogP contribution is -2.46. The molecule has 0 aliphatic carbocycles. The predicted octanol–water partition coefficient (Wildman–Crippen LogP) is 0.689. The molecule has 1 aromatic carbocycles. The second kappa shape index (κ2) is 7.21. The highest BCUT2D eigenvalue weighted by molar-refractivity contribution is 7.89. The van der Waals surface area contributed by atoms with Crippen LogP contribution in [0.1, 0.15) is 35.7 Å². The van der Waals surface area contributed by atoms with Crippen molar-refractivity contribution in [3.63, 3.8) is 0 Å². The minimum absolute atomic E-state index is 0.0185. The maximum absolute atomic E-state index is 12.2. The number of nitrogens with zero attached hydrogens (tertiary/aromatic N) is 1. The van der Waals surface area contributed by atoms with Crippen molar-refractivity contribution < 1.29 is 13.2 Å². The molecular weight excluding hydrogens is 302 g/mol. The SMILES string of the molecule is CCS(=O)(=O)N1CCC(NC(=O)c2ccc(CN)cc2)CC1. The van der Waals surface area contributed by atoms with E-state index in [9.17, 15) is 13.2 Å². The van der Waals surface area contributed by atoms with Crippen molar-refractivity contribution in [1.29, 1.82) is 0 Å². The average Bonchev–Trinajstić information content (AvgIpc) is 2.55. The van der Waals surface area contributed by atoms with Gasteiger partial charge >= 0.3 is 0 Å². The standard InChI is InChI=1S/C15H23N3O3S/c1-2-22(20,21)18-9-7-14(8-10-18)17-15(19)13-5-3-12(11-16)4-6-13/h3-6,14H,2,7-11,16H2,1H3,(H,17,19). The molecule has 6 nitrogen and oxygen atoms in total. The van der Waals surface area contributed by atoms with E-state index in [1.807, 2.05) is 12.1 Å². The fourth-order valence-corrected chi connectivity index (χ4v) is 3.65. The van der Waals surface area contributed by atoms with Gasteiger partial charge in [0.2, 0.25) is 10.0 Å². The molecule has 1 fully saturated rings. The Morgan fingerprint density at radius 3 is 2.36 bits per heavy atom. The summed E-state index contributed by atoms with van der Waals surface area (Å²) in [5.74, 6) is -0.00212. The Balaban J connectivity index is 1.88. The Bertz CT molecular complexity index is 605. The van der Waals surface area contributed by atoms with Gasteiger partial charge in [-0.2, -0.15) is 0 Å². The molecule has 0 atom stereocenters. The monoisotopic (exact) mass is 325 g/mol. The van der Waals surface area contributed by atoms with Crippen LogP contribution < -0.4 is 11.1 Å². The van der Waals surface area contributed by atoms with Crippen LogP contribution >= 0.6 is 0 Å². The third-order valence-electron chi connectivity index (χ3n) is 4.00. The summed E-state index contributed by atoms with van der Waals surface area (Å²) >= 11 is 0. The minimum atomic E-state index is -3.12. The van der Waals surface area contributed by atoms with E-state index in [0.717, 1.165) is 5.56 Å². The predicted molar refractivity (Wildman–Crippen MR) is 85.9 cm³/mol. The molecule has 122 valence electrons. The van der Waals surface area contributed by atoms with E-state index >= 15 is 0 Å². The highest BCUT2D eigenvalue weighted by atomic mass is 32.2. The number of sulfonamides is 1. The van der Waals surface area contributed by atoms with Crippen molar-refractivity contribution in [2.24, 2.45) is 5.73 Å². The van der Waals surface area contributed by atoms with Crippen molar-refractivity contribution in [3.05, 3.63) is 35.4 Å². The number of nitrogens with one attached hydrogen (secondary N) is 1. The zero-order valence-corrected chi connectivity index (χ0v) is 13.6. The van der Waals surface area contributed by atoms with Crippen LogP contribution in [0.5, 0.6) is 0 Å². The van der Waals surface area contributed by atoms with Crippen LogP contribution in [0.2, 0.25) is 0 Å². The molecule has 0 spiro atoms. The fraction of sp³-hybridized carbons (Fsp3) is 0.533. The number of hydrogen-bond acceptors (Lipinski definition) is 4. The minimum Gasteiger partial charge on any atom is -0.349 e. The molecule has 0 unspecified atom stereocenters. The lowest BCUT2D eigenvalue weighted by atomic mass is 10.1. The first-order chi connectivity index (χ1) is 10.5. The van der Waals surface area contributed by atoms with Crippen LogP contribution in [-0.4, -0.2) is 43.5 Å². The van der Waals surface area contributed by atoms with Gasteiger partial charge in [0.25, 0.3) is 5.91 Å². The molecule has 0 saturated carbocycles. The maximum Gasteiger partial charge on any atom is 0.251 e. The van der Waals surface area contributed by atoms with Gasteiger partial charge < -0.3 is 11.1 Å². The Morgan fingerprint density at radius 1 is 1.27 bits per heavy atom. The van der Waals surface area contributed by atoms with Crippen molar-refractivity contribution in [2.75, 3.05) is 18.8 Å². The van der Waals surface area contributed by atoms with E-state index in [1.165, 1.54) is 4.31 Å². The number of rotatable bonds is 5. The van der Waals surface area contributed by atoms with Crippen molar-refractivity contribution in [3.8, 4) is 0 Å². The van der Waals surface area contributed by atoms with Gasteiger partial charge in [-0.05, 0) is 37.5 Å². The van der Waals surface area contributed by atoms with Crippen LogP contribution in [0.25, 0.3) is 0 Å². The molecule has 1 amide bonds. The topological polar surface area (TPSA) is 92.5 Å². The average molecular weight is 325 g/mol. The third kappa shape index (κ3) is 4.06. The molecule has 1 saturated heterocycles. The summed E-state index contributed by atoms with van der Waals surface area (Å²) in [6.07, 6.45) is 1.29. The van der Waals surface area contributed by atoms with E-state index in [4.69, 9.17) is 5.73 Å². The fourth-order valence-electron chi connectivity index (χ4n) is 2.52.